The smallest absolute Gasteiger partial charge is 0.247 e. The van der Waals surface area contributed by atoms with E-state index >= 15 is 0 Å². The fraction of sp³-hybridized carbons (Fsp3) is 0.125. The van der Waals surface area contributed by atoms with Crippen molar-refractivity contribution in [3.63, 3.8) is 0 Å². The summed E-state index contributed by atoms with van der Waals surface area (Å²) in [6.45, 7) is 1.88. The van der Waals surface area contributed by atoms with Crippen LogP contribution < -0.4 is 10.6 Å². The molecule has 0 bridgehead atoms. The molecular formula is C32H28ClN3O2. The van der Waals surface area contributed by atoms with Crippen LogP contribution in [0, 0.1) is 6.92 Å². The Hall–Kier alpha value is -4.35. The van der Waals surface area contributed by atoms with Crippen molar-refractivity contribution in [2.24, 2.45) is 0 Å². The van der Waals surface area contributed by atoms with Gasteiger partial charge < -0.3 is 15.6 Å². The number of hydrogen-bond acceptors (Lipinski definition) is 2. The van der Waals surface area contributed by atoms with Gasteiger partial charge in [0.25, 0.3) is 0 Å². The summed E-state index contributed by atoms with van der Waals surface area (Å²) in [7, 11) is 0. The summed E-state index contributed by atoms with van der Waals surface area (Å²) in [5.41, 5.74) is 4.98. The van der Waals surface area contributed by atoms with Crippen molar-refractivity contribution in [3.05, 3.63) is 137 Å². The molecule has 0 spiro atoms. The zero-order valence-corrected chi connectivity index (χ0v) is 21.7. The molecule has 5 nitrogen and oxygen atoms in total. The number of hydrogen-bond donors (Lipinski definition) is 3. The molecule has 5 aromatic rings. The van der Waals surface area contributed by atoms with Crippen LogP contribution in [0.3, 0.4) is 0 Å². The van der Waals surface area contributed by atoms with Gasteiger partial charge in [-0.25, -0.2) is 0 Å². The lowest BCUT2D eigenvalue weighted by Gasteiger charge is -2.23. The van der Waals surface area contributed by atoms with Gasteiger partial charge in [-0.2, -0.15) is 0 Å². The minimum absolute atomic E-state index is 0.252. The lowest BCUT2D eigenvalue weighted by atomic mass is 9.90. The van der Waals surface area contributed by atoms with E-state index in [0.717, 1.165) is 33.2 Å². The number of amides is 2. The summed E-state index contributed by atoms with van der Waals surface area (Å²) in [5.74, 6) is -1.16. The van der Waals surface area contributed by atoms with Crippen LogP contribution in [-0.4, -0.2) is 22.8 Å². The van der Waals surface area contributed by atoms with Gasteiger partial charge in [0.15, 0.2) is 0 Å². The fourth-order valence-electron chi connectivity index (χ4n) is 4.73. The first-order valence-electron chi connectivity index (χ1n) is 12.5. The van der Waals surface area contributed by atoms with E-state index in [4.69, 9.17) is 11.6 Å². The van der Waals surface area contributed by atoms with Gasteiger partial charge in [-0.1, -0.05) is 103 Å². The molecule has 0 saturated heterocycles. The second-order valence-corrected chi connectivity index (χ2v) is 9.68. The van der Waals surface area contributed by atoms with E-state index in [1.165, 1.54) is 0 Å². The summed E-state index contributed by atoms with van der Waals surface area (Å²) in [6, 6.07) is 31.7. The Labute approximate surface area is 226 Å². The average molecular weight is 522 g/mol. The molecule has 0 saturated carbocycles. The number of nitrogens with one attached hydrogen (secondary N) is 3. The molecule has 0 fully saturated rings. The number of rotatable bonds is 8. The van der Waals surface area contributed by atoms with Crippen LogP contribution in [0.5, 0.6) is 0 Å². The zero-order chi connectivity index (χ0) is 26.5. The van der Waals surface area contributed by atoms with Crippen molar-refractivity contribution < 1.29 is 9.59 Å². The largest absolute Gasteiger partial charge is 0.361 e. The number of carbonyl (C=O) groups excluding carboxylic acids is 2. The van der Waals surface area contributed by atoms with E-state index in [-0.39, 0.29) is 11.8 Å². The molecule has 1 aromatic heterocycles. The molecular weight excluding hydrogens is 494 g/mol. The summed E-state index contributed by atoms with van der Waals surface area (Å²) in [4.78, 5) is 30.8. The number of anilines is 1. The Morgan fingerprint density at radius 1 is 0.789 bits per heavy atom. The number of para-hydroxylation sites is 1. The highest BCUT2D eigenvalue weighted by atomic mass is 35.5. The highest BCUT2D eigenvalue weighted by molar-refractivity contribution is 6.34. The molecule has 0 aliphatic carbocycles. The van der Waals surface area contributed by atoms with Gasteiger partial charge in [0.1, 0.15) is 6.04 Å². The highest BCUT2D eigenvalue weighted by Gasteiger charge is 2.29. The van der Waals surface area contributed by atoms with Crippen molar-refractivity contribution in [3.8, 4) is 0 Å². The maximum atomic E-state index is 13.9. The maximum absolute atomic E-state index is 13.9. The van der Waals surface area contributed by atoms with Gasteiger partial charge in [0.2, 0.25) is 11.8 Å². The summed E-state index contributed by atoms with van der Waals surface area (Å²) >= 11 is 6.47. The van der Waals surface area contributed by atoms with E-state index in [9.17, 15) is 9.59 Å². The second-order valence-electron chi connectivity index (χ2n) is 9.30. The van der Waals surface area contributed by atoms with Crippen molar-refractivity contribution >= 4 is 40.0 Å². The summed E-state index contributed by atoms with van der Waals surface area (Å²) in [5, 5.41) is 7.49. The molecule has 3 N–H and O–H groups in total. The molecule has 1 heterocycles. The first-order chi connectivity index (χ1) is 18.5. The lowest BCUT2D eigenvalue weighted by molar-refractivity contribution is -0.126. The lowest BCUT2D eigenvalue weighted by Crippen LogP contribution is -2.47. The van der Waals surface area contributed by atoms with E-state index in [1.54, 1.807) is 6.07 Å². The van der Waals surface area contributed by atoms with Crippen LogP contribution in [0.2, 0.25) is 5.02 Å². The van der Waals surface area contributed by atoms with Crippen molar-refractivity contribution in [2.75, 3.05) is 5.32 Å². The number of H-pyrrole nitrogens is 1. The number of aryl methyl sites for hydroxylation is 1. The Morgan fingerprint density at radius 2 is 1.42 bits per heavy atom. The molecule has 0 unspecified atom stereocenters. The molecule has 2 amide bonds. The minimum Gasteiger partial charge on any atom is -0.361 e. The third kappa shape index (κ3) is 5.48. The summed E-state index contributed by atoms with van der Waals surface area (Å²) in [6.07, 6.45) is 2.20. The Kier molecular flexibility index (Phi) is 7.57. The van der Waals surface area contributed by atoms with Crippen LogP contribution >= 0.6 is 11.6 Å². The van der Waals surface area contributed by atoms with Gasteiger partial charge in [-0.05, 0) is 41.3 Å². The topological polar surface area (TPSA) is 74.0 Å². The molecule has 190 valence electrons. The van der Waals surface area contributed by atoms with Crippen LogP contribution in [0.15, 0.2) is 109 Å². The van der Waals surface area contributed by atoms with Gasteiger partial charge in [0.05, 0.1) is 16.6 Å². The van der Waals surface area contributed by atoms with Crippen LogP contribution in [0.25, 0.3) is 10.9 Å². The standard InChI is InChI=1S/C32H28ClN3O2/c1-21-11-10-18-27(30(21)33)35-31(37)28(19-24-20-34-26-17-9-8-16-25(24)26)36-32(38)29(22-12-4-2-5-13-22)23-14-6-3-7-15-23/h2-18,20,28-29,34H,19H2,1H3,(H,35,37)(H,36,38)/t28-/m1/s1. The van der Waals surface area contributed by atoms with Crippen molar-refractivity contribution in [1.82, 2.24) is 10.3 Å². The summed E-state index contributed by atoms with van der Waals surface area (Å²) < 4.78 is 0. The van der Waals surface area contributed by atoms with Gasteiger partial charge in [-0.3, -0.25) is 9.59 Å². The molecule has 0 aliphatic heterocycles. The average Bonchev–Trinajstić information content (AvgIpc) is 3.35. The molecule has 0 aliphatic rings. The van der Waals surface area contributed by atoms with E-state index in [0.29, 0.717) is 17.1 Å². The number of carbonyl (C=O) groups is 2. The Morgan fingerprint density at radius 3 is 2.11 bits per heavy atom. The highest BCUT2D eigenvalue weighted by Crippen LogP contribution is 2.28. The second kappa shape index (κ2) is 11.4. The quantitative estimate of drug-likeness (QED) is 0.214. The number of halogens is 1. The van der Waals surface area contributed by atoms with Gasteiger partial charge >= 0.3 is 0 Å². The van der Waals surface area contributed by atoms with Crippen LogP contribution in [0.1, 0.15) is 28.2 Å². The Bertz CT molecular complexity index is 1520. The van der Waals surface area contributed by atoms with Gasteiger partial charge in [-0.15, -0.1) is 0 Å². The van der Waals surface area contributed by atoms with Crippen molar-refractivity contribution in [2.45, 2.75) is 25.3 Å². The Balaban J connectivity index is 1.48. The molecule has 5 rings (SSSR count). The third-order valence-electron chi connectivity index (χ3n) is 6.71. The van der Waals surface area contributed by atoms with E-state index in [1.807, 2.05) is 110 Å². The number of fused-ring (bicyclic) bond motifs is 1. The SMILES string of the molecule is Cc1cccc(NC(=O)[C@@H](Cc2c[nH]c3ccccc23)NC(=O)C(c2ccccc2)c2ccccc2)c1Cl. The minimum atomic E-state index is -0.840. The van der Waals surface area contributed by atoms with Crippen LogP contribution in [0.4, 0.5) is 5.69 Å². The number of aromatic nitrogens is 1. The van der Waals surface area contributed by atoms with Crippen LogP contribution in [-0.2, 0) is 16.0 Å². The first kappa shape index (κ1) is 25.3. The predicted octanol–water partition coefficient (Wildman–Crippen LogP) is 6.63. The number of aromatic amines is 1. The molecule has 0 radical (unpaired) electrons. The van der Waals surface area contributed by atoms with Crippen molar-refractivity contribution in [1.29, 1.82) is 0 Å². The van der Waals surface area contributed by atoms with E-state index < -0.39 is 12.0 Å². The molecule has 6 heteroatoms. The van der Waals surface area contributed by atoms with E-state index in [2.05, 4.69) is 15.6 Å². The molecule has 1 atom stereocenters. The number of benzene rings is 4. The predicted molar refractivity (Wildman–Crippen MR) is 153 cm³/mol. The first-order valence-corrected chi connectivity index (χ1v) is 12.9. The molecule has 4 aromatic carbocycles. The third-order valence-corrected chi connectivity index (χ3v) is 7.21. The van der Waals surface area contributed by atoms with Gasteiger partial charge in [0, 0.05) is 23.5 Å². The fourth-order valence-corrected chi connectivity index (χ4v) is 4.91. The maximum Gasteiger partial charge on any atom is 0.247 e. The normalized spacial score (nSPS) is 11.9. The zero-order valence-electron chi connectivity index (χ0n) is 20.9. The monoisotopic (exact) mass is 521 g/mol. The molecule has 38 heavy (non-hydrogen) atoms.